The third-order valence-electron chi connectivity index (χ3n) is 8.99. The second kappa shape index (κ2) is 22.0. The molecule has 6 atom stereocenters. The quantitative estimate of drug-likeness (QED) is 0.154. The largest absolute Gasteiger partial charge is 0.460 e. The summed E-state index contributed by atoms with van der Waals surface area (Å²) >= 11 is 0. The summed E-state index contributed by atoms with van der Waals surface area (Å²) < 4.78 is 6.03. The van der Waals surface area contributed by atoms with Crippen LogP contribution in [0.2, 0.25) is 0 Å². The second-order valence-electron chi connectivity index (χ2n) is 14.5. The molecule has 2 rings (SSSR count). The third kappa shape index (κ3) is 15.3. The van der Waals surface area contributed by atoms with Gasteiger partial charge in [-0.15, -0.1) is 0 Å². The Balaban J connectivity index is 2.42. The summed E-state index contributed by atoms with van der Waals surface area (Å²) in [6.07, 6.45) is 6.65. The van der Waals surface area contributed by atoms with Gasteiger partial charge in [0.25, 0.3) is 0 Å². The lowest BCUT2D eigenvalue weighted by atomic mass is 9.94. The number of cyclic esters (lactones) is 1. The minimum Gasteiger partial charge on any atom is -0.460 e. The van der Waals surface area contributed by atoms with Gasteiger partial charge in [-0.05, 0) is 43.1 Å². The maximum Gasteiger partial charge on any atom is 0.329 e. The van der Waals surface area contributed by atoms with E-state index in [0.717, 1.165) is 44.1 Å². The first-order valence-electron chi connectivity index (χ1n) is 18.4. The lowest BCUT2D eigenvalue weighted by molar-refractivity contribution is -0.157. The Morgan fingerprint density at radius 1 is 0.740 bits per heavy atom. The highest BCUT2D eigenvalue weighted by Crippen LogP contribution is 2.21. The van der Waals surface area contributed by atoms with Gasteiger partial charge in [0.15, 0.2) is 0 Å². The molecule has 0 bridgehead atoms. The van der Waals surface area contributed by atoms with Gasteiger partial charge in [0, 0.05) is 6.42 Å². The minimum atomic E-state index is -1.11. The van der Waals surface area contributed by atoms with Crippen molar-refractivity contribution in [2.75, 3.05) is 6.54 Å². The van der Waals surface area contributed by atoms with E-state index >= 15 is 0 Å². The van der Waals surface area contributed by atoms with Crippen molar-refractivity contribution in [3.63, 3.8) is 0 Å². The molecule has 1 saturated heterocycles. The van der Waals surface area contributed by atoms with Crippen molar-refractivity contribution < 1.29 is 33.5 Å². The Hall–Kier alpha value is -3.96. The third-order valence-corrected chi connectivity index (χ3v) is 8.99. The smallest absolute Gasteiger partial charge is 0.329 e. The summed E-state index contributed by atoms with van der Waals surface area (Å²) in [5.74, 6) is -3.99. The van der Waals surface area contributed by atoms with E-state index in [9.17, 15) is 28.8 Å². The number of carbonyl (C=O) groups is 6. The standard InChI is InChI=1S/C38H61N5O7/c1-8-9-10-11-12-14-17-26(6)31-22-32(44)39-23-33(45)43-34(25(4)5)37(48)41-29(20-24(2)3)36(47)40-27(7)35(46)42-30(38(49)50-31)21-28-18-15-13-16-19-28/h13,15-16,18-19,24-27,29-31,34H,8-12,14,17,20-23H2,1-7H3,(H,39,44)(H,40,47)(H,41,48)(H,42,46)(H,43,45). The molecule has 0 spiro atoms. The second-order valence-corrected chi connectivity index (χ2v) is 14.5. The monoisotopic (exact) mass is 699 g/mol. The Labute approximate surface area is 298 Å². The van der Waals surface area contributed by atoms with E-state index in [1.165, 1.54) is 13.3 Å². The van der Waals surface area contributed by atoms with Gasteiger partial charge in [-0.1, -0.05) is 110 Å². The van der Waals surface area contributed by atoms with Gasteiger partial charge >= 0.3 is 5.97 Å². The summed E-state index contributed by atoms with van der Waals surface area (Å²) in [6, 6.07) is 5.03. The fourth-order valence-corrected chi connectivity index (χ4v) is 5.90. The fourth-order valence-electron chi connectivity index (χ4n) is 5.90. The van der Waals surface area contributed by atoms with E-state index < -0.39 is 65.8 Å². The van der Waals surface area contributed by atoms with E-state index in [1.807, 2.05) is 51.1 Å². The van der Waals surface area contributed by atoms with E-state index in [0.29, 0.717) is 0 Å². The van der Waals surface area contributed by atoms with Crippen molar-refractivity contribution >= 4 is 35.5 Å². The van der Waals surface area contributed by atoms with Gasteiger partial charge in [0.1, 0.15) is 30.3 Å². The lowest BCUT2D eigenvalue weighted by Crippen LogP contribution is -2.58. The number of nitrogens with one attached hydrogen (secondary N) is 5. The zero-order chi connectivity index (χ0) is 37.2. The molecule has 0 aromatic heterocycles. The van der Waals surface area contributed by atoms with Crippen LogP contribution in [0.15, 0.2) is 30.3 Å². The van der Waals surface area contributed by atoms with Crippen LogP contribution in [0.3, 0.4) is 0 Å². The maximum absolute atomic E-state index is 13.8. The molecule has 1 aromatic rings. The molecule has 12 heteroatoms. The molecule has 1 aliphatic heterocycles. The van der Waals surface area contributed by atoms with Crippen LogP contribution in [0, 0.1) is 17.8 Å². The molecule has 12 nitrogen and oxygen atoms in total. The number of carbonyl (C=O) groups excluding carboxylic acids is 6. The molecule has 0 aliphatic carbocycles. The van der Waals surface area contributed by atoms with Gasteiger partial charge in [0.05, 0.1) is 13.0 Å². The first-order valence-corrected chi connectivity index (χ1v) is 18.4. The number of hydrogen-bond acceptors (Lipinski definition) is 7. The van der Waals surface area contributed by atoms with E-state index in [2.05, 4.69) is 33.5 Å². The molecule has 1 fully saturated rings. The fraction of sp³-hybridized carbons (Fsp3) is 0.684. The van der Waals surface area contributed by atoms with Gasteiger partial charge in [-0.3, -0.25) is 24.0 Å². The molecular formula is C38H61N5O7. The predicted octanol–water partition coefficient (Wildman–Crippen LogP) is 3.71. The number of hydrogen-bond donors (Lipinski definition) is 5. The van der Waals surface area contributed by atoms with Crippen LogP contribution in [0.5, 0.6) is 0 Å². The van der Waals surface area contributed by atoms with Crippen molar-refractivity contribution in [1.82, 2.24) is 26.6 Å². The summed E-state index contributed by atoms with van der Waals surface area (Å²) in [5.41, 5.74) is 0.782. The van der Waals surface area contributed by atoms with E-state index in [-0.39, 0.29) is 43.6 Å². The van der Waals surface area contributed by atoms with Crippen LogP contribution in [0.4, 0.5) is 0 Å². The summed E-state index contributed by atoms with van der Waals surface area (Å²) in [6.45, 7) is 12.5. The van der Waals surface area contributed by atoms with E-state index in [1.54, 1.807) is 13.8 Å². The zero-order valence-corrected chi connectivity index (χ0v) is 31.1. The van der Waals surface area contributed by atoms with Crippen LogP contribution in [-0.2, 0) is 39.9 Å². The first kappa shape index (κ1) is 42.2. The van der Waals surface area contributed by atoms with Crippen molar-refractivity contribution in [2.45, 2.75) is 143 Å². The molecule has 1 heterocycles. The number of amides is 5. The Morgan fingerprint density at radius 3 is 2.02 bits per heavy atom. The number of rotatable bonds is 13. The Kier molecular flexibility index (Phi) is 18.6. The molecule has 1 aromatic carbocycles. The predicted molar refractivity (Wildman–Crippen MR) is 192 cm³/mol. The molecule has 0 saturated carbocycles. The highest BCUT2D eigenvalue weighted by atomic mass is 16.5. The van der Waals surface area contributed by atoms with Crippen LogP contribution in [0.25, 0.3) is 0 Å². The Bertz CT molecular complexity index is 1260. The molecule has 1 aliphatic rings. The van der Waals surface area contributed by atoms with Gasteiger partial charge < -0.3 is 31.3 Å². The number of esters is 1. The van der Waals surface area contributed by atoms with Crippen LogP contribution >= 0.6 is 0 Å². The van der Waals surface area contributed by atoms with Crippen LogP contribution in [-0.4, -0.2) is 72.3 Å². The van der Waals surface area contributed by atoms with Crippen molar-refractivity contribution in [3.05, 3.63) is 35.9 Å². The molecule has 5 N–H and O–H groups in total. The van der Waals surface area contributed by atoms with Crippen LogP contribution in [0.1, 0.15) is 112 Å². The summed E-state index contributed by atoms with van der Waals surface area (Å²) in [5, 5.41) is 13.5. The van der Waals surface area contributed by atoms with Gasteiger partial charge in [-0.2, -0.15) is 0 Å². The topological polar surface area (TPSA) is 172 Å². The number of ether oxygens (including phenoxy) is 1. The Morgan fingerprint density at radius 2 is 1.38 bits per heavy atom. The van der Waals surface area contributed by atoms with Crippen molar-refractivity contribution in [1.29, 1.82) is 0 Å². The molecule has 5 amide bonds. The van der Waals surface area contributed by atoms with Gasteiger partial charge in [0.2, 0.25) is 29.5 Å². The first-order chi connectivity index (χ1) is 23.7. The minimum absolute atomic E-state index is 0.0144. The number of benzene rings is 1. The van der Waals surface area contributed by atoms with Crippen molar-refractivity contribution in [2.24, 2.45) is 17.8 Å². The zero-order valence-electron chi connectivity index (χ0n) is 31.1. The normalized spacial score (nSPS) is 24.1. The molecule has 280 valence electrons. The SMILES string of the molecule is CCCCCCCCC(C)C1CC(=O)NCC(=O)NC(C(C)C)C(=O)NC(CC(C)C)C(=O)NC(C)C(=O)NC(Cc2ccccc2)C(=O)O1. The van der Waals surface area contributed by atoms with Crippen LogP contribution < -0.4 is 26.6 Å². The average Bonchev–Trinajstić information content (AvgIpc) is 3.06. The molecule has 6 unspecified atom stereocenters. The molecular weight excluding hydrogens is 638 g/mol. The highest BCUT2D eigenvalue weighted by molar-refractivity contribution is 5.95. The maximum atomic E-state index is 13.8. The molecule has 50 heavy (non-hydrogen) atoms. The lowest BCUT2D eigenvalue weighted by Gasteiger charge is -2.28. The average molecular weight is 700 g/mol. The summed E-state index contributed by atoms with van der Waals surface area (Å²) in [7, 11) is 0. The van der Waals surface area contributed by atoms with Crippen molar-refractivity contribution in [3.8, 4) is 0 Å². The number of unbranched alkanes of at least 4 members (excludes halogenated alkanes) is 5. The van der Waals surface area contributed by atoms with E-state index in [4.69, 9.17) is 4.74 Å². The highest BCUT2D eigenvalue weighted by Gasteiger charge is 2.34. The van der Waals surface area contributed by atoms with Gasteiger partial charge in [-0.25, -0.2) is 4.79 Å². The summed E-state index contributed by atoms with van der Waals surface area (Å²) in [4.78, 5) is 80.3. The molecule has 0 radical (unpaired) electrons.